The summed E-state index contributed by atoms with van der Waals surface area (Å²) in [6, 6.07) is 8.42. The van der Waals surface area contributed by atoms with Crippen molar-refractivity contribution in [1.82, 2.24) is 14.9 Å². The van der Waals surface area contributed by atoms with Gasteiger partial charge in [-0.05, 0) is 18.9 Å². The summed E-state index contributed by atoms with van der Waals surface area (Å²) in [4.78, 5) is 14.5. The molecule has 0 unspecified atom stereocenters. The lowest BCUT2D eigenvalue weighted by Crippen LogP contribution is -2.47. The number of piperazine rings is 1. The zero-order chi connectivity index (χ0) is 16.8. The van der Waals surface area contributed by atoms with Crippen LogP contribution in [0, 0.1) is 0 Å². The van der Waals surface area contributed by atoms with Crippen LogP contribution in [-0.2, 0) is 6.42 Å². The van der Waals surface area contributed by atoms with Gasteiger partial charge in [-0.2, -0.15) is 0 Å². The van der Waals surface area contributed by atoms with Crippen molar-refractivity contribution in [1.29, 1.82) is 0 Å². The molecule has 1 aliphatic rings. The molecular formula is C20H28N4. The predicted molar refractivity (Wildman–Crippen MR) is 102 cm³/mol. The highest BCUT2D eigenvalue weighted by Crippen LogP contribution is 2.22. The molecule has 0 radical (unpaired) electrons. The monoisotopic (exact) mass is 324 g/mol. The molecule has 1 aliphatic heterocycles. The number of para-hydroxylation sites is 1. The molecule has 0 spiro atoms. The molecule has 4 heteroatoms. The van der Waals surface area contributed by atoms with Crippen LogP contribution in [0.2, 0.25) is 0 Å². The van der Waals surface area contributed by atoms with E-state index in [1.807, 2.05) is 6.08 Å². The highest BCUT2D eigenvalue weighted by atomic mass is 15.3. The normalized spacial score (nSPS) is 15.8. The van der Waals surface area contributed by atoms with E-state index in [2.05, 4.69) is 47.6 Å². The molecule has 0 N–H and O–H groups in total. The number of aromatic nitrogens is 2. The summed E-state index contributed by atoms with van der Waals surface area (Å²) < 4.78 is 0. The predicted octanol–water partition coefficient (Wildman–Crippen LogP) is 3.67. The number of hydrogen-bond acceptors (Lipinski definition) is 4. The van der Waals surface area contributed by atoms with E-state index >= 15 is 0 Å². The van der Waals surface area contributed by atoms with E-state index < -0.39 is 0 Å². The van der Waals surface area contributed by atoms with E-state index in [0.717, 1.165) is 50.6 Å². The van der Waals surface area contributed by atoms with Crippen molar-refractivity contribution in [2.75, 3.05) is 37.6 Å². The Bertz CT molecular complexity index is 674. The Labute approximate surface area is 145 Å². The third-order valence-corrected chi connectivity index (χ3v) is 4.73. The van der Waals surface area contributed by atoms with E-state index in [-0.39, 0.29) is 0 Å². The fourth-order valence-corrected chi connectivity index (χ4v) is 3.32. The van der Waals surface area contributed by atoms with Gasteiger partial charge < -0.3 is 4.90 Å². The number of unbranched alkanes of at least 4 members (excludes halogenated alkanes) is 2. The molecule has 128 valence electrons. The molecule has 1 saturated heterocycles. The summed E-state index contributed by atoms with van der Waals surface area (Å²) in [7, 11) is 0. The Morgan fingerprint density at radius 3 is 2.62 bits per heavy atom. The van der Waals surface area contributed by atoms with Crippen LogP contribution < -0.4 is 4.90 Å². The minimum absolute atomic E-state index is 0.901. The molecule has 2 aromatic rings. The van der Waals surface area contributed by atoms with Gasteiger partial charge in [-0.15, -0.1) is 6.58 Å². The minimum atomic E-state index is 0.901. The van der Waals surface area contributed by atoms with Crippen molar-refractivity contribution in [3.63, 3.8) is 0 Å². The van der Waals surface area contributed by atoms with Gasteiger partial charge in [-0.3, -0.25) is 4.90 Å². The van der Waals surface area contributed by atoms with E-state index in [1.165, 1.54) is 30.3 Å². The molecule has 3 rings (SSSR count). The largest absolute Gasteiger partial charge is 0.338 e. The molecule has 0 atom stereocenters. The summed E-state index contributed by atoms with van der Waals surface area (Å²) >= 11 is 0. The third-order valence-electron chi connectivity index (χ3n) is 4.73. The van der Waals surface area contributed by atoms with Gasteiger partial charge in [-0.25, -0.2) is 9.97 Å². The van der Waals surface area contributed by atoms with Crippen molar-refractivity contribution >= 4 is 16.9 Å². The van der Waals surface area contributed by atoms with Crippen LogP contribution in [-0.4, -0.2) is 47.6 Å². The van der Waals surface area contributed by atoms with Gasteiger partial charge in [0.25, 0.3) is 0 Å². The Morgan fingerprint density at radius 1 is 1.08 bits per heavy atom. The molecular weight excluding hydrogens is 296 g/mol. The lowest BCUT2D eigenvalue weighted by atomic mass is 10.1. The van der Waals surface area contributed by atoms with E-state index in [4.69, 9.17) is 9.97 Å². The molecule has 0 saturated carbocycles. The summed E-state index contributed by atoms with van der Waals surface area (Å²) in [6.07, 6.45) is 6.72. The van der Waals surface area contributed by atoms with Crippen LogP contribution in [0.5, 0.6) is 0 Å². The fourth-order valence-electron chi connectivity index (χ4n) is 3.32. The van der Waals surface area contributed by atoms with Gasteiger partial charge in [0.1, 0.15) is 0 Å². The lowest BCUT2D eigenvalue weighted by Gasteiger charge is -2.34. The average Bonchev–Trinajstić information content (AvgIpc) is 2.62. The molecule has 0 amide bonds. The molecule has 1 aromatic heterocycles. The highest BCUT2D eigenvalue weighted by Gasteiger charge is 2.19. The minimum Gasteiger partial charge on any atom is -0.338 e. The van der Waals surface area contributed by atoms with Crippen LogP contribution >= 0.6 is 0 Å². The molecule has 24 heavy (non-hydrogen) atoms. The molecule has 4 nitrogen and oxygen atoms in total. The van der Waals surface area contributed by atoms with Gasteiger partial charge in [0.2, 0.25) is 5.95 Å². The Kier molecular flexibility index (Phi) is 5.81. The zero-order valence-electron chi connectivity index (χ0n) is 14.7. The maximum absolute atomic E-state index is 4.94. The van der Waals surface area contributed by atoms with Crippen molar-refractivity contribution in [3.05, 3.63) is 42.6 Å². The number of fused-ring (bicyclic) bond motifs is 1. The van der Waals surface area contributed by atoms with Crippen molar-refractivity contribution in [2.24, 2.45) is 0 Å². The number of aryl methyl sites for hydroxylation is 1. The van der Waals surface area contributed by atoms with Crippen LogP contribution in [0.25, 0.3) is 10.9 Å². The maximum atomic E-state index is 4.94. The number of rotatable bonds is 7. The highest BCUT2D eigenvalue weighted by molar-refractivity contribution is 5.82. The first-order valence-corrected chi connectivity index (χ1v) is 9.15. The van der Waals surface area contributed by atoms with Gasteiger partial charge >= 0.3 is 0 Å². The second-order valence-corrected chi connectivity index (χ2v) is 6.52. The van der Waals surface area contributed by atoms with Crippen LogP contribution in [0.3, 0.4) is 0 Å². The maximum Gasteiger partial charge on any atom is 0.226 e. The smallest absolute Gasteiger partial charge is 0.226 e. The fraction of sp³-hybridized carbons (Fsp3) is 0.500. The Balaban J connectivity index is 1.81. The van der Waals surface area contributed by atoms with E-state index in [1.54, 1.807) is 0 Å². The SMILES string of the molecule is C=CCN1CCN(c2nc(CCCCC)c3ccccc3n2)CC1. The number of anilines is 1. The van der Waals surface area contributed by atoms with Crippen molar-refractivity contribution < 1.29 is 0 Å². The Morgan fingerprint density at radius 2 is 1.88 bits per heavy atom. The standard InChI is InChI=1S/C20H28N4/c1-3-5-6-10-18-17-9-7-8-11-19(17)22-20(21-18)24-15-13-23(12-4-2)14-16-24/h4,7-9,11H,2-3,5-6,10,12-16H2,1H3. The van der Waals surface area contributed by atoms with Gasteiger partial charge in [0.15, 0.2) is 0 Å². The summed E-state index contributed by atoms with van der Waals surface area (Å²) in [5, 5.41) is 1.21. The van der Waals surface area contributed by atoms with Gasteiger partial charge in [0, 0.05) is 38.1 Å². The van der Waals surface area contributed by atoms with Crippen LogP contribution in [0.15, 0.2) is 36.9 Å². The molecule has 1 fully saturated rings. The quantitative estimate of drug-likeness (QED) is 0.574. The van der Waals surface area contributed by atoms with Crippen LogP contribution in [0.4, 0.5) is 5.95 Å². The summed E-state index contributed by atoms with van der Waals surface area (Å²) in [5.74, 6) is 0.901. The summed E-state index contributed by atoms with van der Waals surface area (Å²) in [6.45, 7) is 11.1. The van der Waals surface area contributed by atoms with Crippen LogP contribution in [0.1, 0.15) is 31.9 Å². The Hall–Kier alpha value is -1.94. The molecule has 0 bridgehead atoms. The molecule has 2 heterocycles. The number of benzene rings is 1. The summed E-state index contributed by atoms with van der Waals surface area (Å²) in [5.41, 5.74) is 2.28. The number of hydrogen-bond donors (Lipinski definition) is 0. The average molecular weight is 324 g/mol. The molecule has 1 aromatic carbocycles. The van der Waals surface area contributed by atoms with Gasteiger partial charge in [-0.1, -0.05) is 44.0 Å². The first-order valence-electron chi connectivity index (χ1n) is 9.15. The van der Waals surface area contributed by atoms with E-state index in [9.17, 15) is 0 Å². The molecule has 0 aliphatic carbocycles. The number of nitrogens with zero attached hydrogens (tertiary/aromatic N) is 4. The van der Waals surface area contributed by atoms with Crippen molar-refractivity contribution in [2.45, 2.75) is 32.6 Å². The lowest BCUT2D eigenvalue weighted by molar-refractivity contribution is 0.283. The second-order valence-electron chi connectivity index (χ2n) is 6.52. The van der Waals surface area contributed by atoms with Crippen molar-refractivity contribution in [3.8, 4) is 0 Å². The topological polar surface area (TPSA) is 32.3 Å². The third kappa shape index (κ3) is 3.93. The van der Waals surface area contributed by atoms with E-state index in [0.29, 0.717) is 0 Å². The zero-order valence-corrected chi connectivity index (χ0v) is 14.7. The first kappa shape index (κ1) is 16.9. The first-order chi connectivity index (χ1) is 11.8. The van der Waals surface area contributed by atoms with Gasteiger partial charge in [0.05, 0.1) is 11.2 Å². The second kappa shape index (κ2) is 8.25.